The monoisotopic (exact) mass is 325 g/mol. The number of aryl methyl sites for hydroxylation is 1. The molecule has 0 fully saturated rings. The zero-order chi connectivity index (χ0) is 16.9. The van der Waals surface area contributed by atoms with E-state index >= 15 is 0 Å². The minimum Gasteiger partial charge on any atom is -0.464 e. The zero-order valence-electron chi connectivity index (χ0n) is 14.1. The Balaban J connectivity index is 1.51. The second-order valence-corrected chi connectivity index (χ2v) is 6.04. The molecule has 2 amide bonds. The van der Waals surface area contributed by atoms with E-state index in [1.54, 1.807) is 0 Å². The summed E-state index contributed by atoms with van der Waals surface area (Å²) in [7, 11) is 0. The maximum absolute atomic E-state index is 12.1. The van der Waals surface area contributed by atoms with Gasteiger partial charge in [0.25, 0.3) is 0 Å². The zero-order valence-corrected chi connectivity index (χ0v) is 14.1. The summed E-state index contributed by atoms with van der Waals surface area (Å²) in [6.45, 7) is 6.16. The molecule has 2 N–H and O–H groups in total. The minimum absolute atomic E-state index is 0.166. The van der Waals surface area contributed by atoms with Crippen molar-refractivity contribution in [2.24, 2.45) is 0 Å². The van der Waals surface area contributed by atoms with Crippen molar-refractivity contribution >= 4 is 11.7 Å². The van der Waals surface area contributed by atoms with Crippen LogP contribution in [0.1, 0.15) is 30.0 Å². The van der Waals surface area contributed by atoms with Gasteiger partial charge in [-0.2, -0.15) is 0 Å². The summed E-state index contributed by atoms with van der Waals surface area (Å²) >= 11 is 0. The van der Waals surface area contributed by atoms with Gasteiger partial charge in [0.15, 0.2) is 0 Å². The van der Waals surface area contributed by atoms with E-state index in [-0.39, 0.29) is 12.1 Å². The van der Waals surface area contributed by atoms with Gasteiger partial charge in [0, 0.05) is 25.3 Å². The van der Waals surface area contributed by atoms with Gasteiger partial charge >= 0.3 is 6.03 Å². The smallest absolute Gasteiger partial charge is 0.315 e. The predicted molar refractivity (Wildman–Crippen MR) is 95.0 cm³/mol. The van der Waals surface area contributed by atoms with E-state index in [1.807, 2.05) is 38.1 Å². The van der Waals surface area contributed by atoms with Gasteiger partial charge in [-0.05, 0) is 43.7 Å². The van der Waals surface area contributed by atoms with Crippen LogP contribution < -0.4 is 15.5 Å². The molecule has 0 radical (unpaired) electrons. The molecule has 3 rings (SSSR count). The lowest BCUT2D eigenvalue weighted by molar-refractivity contribution is 0.235. The lowest BCUT2D eigenvalue weighted by atomic mass is 10.2. The van der Waals surface area contributed by atoms with Crippen molar-refractivity contribution in [3.8, 4) is 0 Å². The molecule has 24 heavy (non-hydrogen) atoms. The van der Waals surface area contributed by atoms with Gasteiger partial charge in [-0.1, -0.05) is 24.3 Å². The van der Waals surface area contributed by atoms with E-state index in [4.69, 9.17) is 4.42 Å². The Kier molecular flexibility index (Phi) is 4.89. The molecule has 0 spiro atoms. The van der Waals surface area contributed by atoms with Crippen LogP contribution in [0.3, 0.4) is 0 Å². The first-order valence-electron chi connectivity index (χ1n) is 8.21. The summed E-state index contributed by atoms with van der Waals surface area (Å²) in [5.41, 5.74) is 2.26. The topological polar surface area (TPSA) is 57.5 Å². The number of nitrogens with zero attached hydrogens (tertiary/aromatic N) is 1. The van der Waals surface area contributed by atoms with Gasteiger partial charge in [-0.25, -0.2) is 4.79 Å². The molecule has 1 aliphatic heterocycles. The van der Waals surface area contributed by atoms with Crippen LogP contribution in [-0.2, 0) is 6.54 Å². The molecule has 0 bridgehead atoms. The number of urea groups is 1. The highest BCUT2D eigenvalue weighted by atomic mass is 16.3. The molecule has 1 atom stereocenters. The molecule has 2 heterocycles. The molecule has 0 saturated heterocycles. The van der Waals surface area contributed by atoms with Gasteiger partial charge in [-0.15, -0.1) is 0 Å². The molecule has 5 heteroatoms. The highest BCUT2D eigenvalue weighted by molar-refractivity contribution is 5.74. The van der Waals surface area contributed by atoms with Crippen LogP contribution in [0, 0.1) is 6.92 Å². The number of carbonyl (C=O) groups is 1. The summed E-state index contributed by atoms with van der Waals surface area (Å²) in [5.74, 6) is 1.60. The minimum atomic E-state index is -0.204. The van der Waals surface area contributed by atoms with Gasteiger partial charge in [0.05, 0.1) is 6.04 Å². The molecule has 1 aromatic heterocycles. The average molecular weight is 325 g/mol. The van der Waals surface area contributed by atoms with E-state index in [0.717, 1.165) is 30.2 Å². The Morgan fingerprint density at radius 1 is 1.25 bits per heavy atom. The second kappa shape index (κ2) is 7.25. The molecular formula is C19H23N3O2. The van der Waals surface area contributed by atoms with Gasteiger partial charge in [0.2, 0.25) is 0 Å². The van der Waals surface area contributed by atoms with Crippen molar-refractivity contribution in [2.45, 2.75) is 26.4 Å². The number of rotatable bonds is 5. The first-order chi connectivity index (χ1) is 11.6. The number of hydrogen-bond donors (Lipinski definition) is 2. The maximum Gasteiger partial charge on any atom is 0.315 e. The number of benzene rings is 1. The highest BCUT2D eigenvalue weighted by Crippen LogP contribution is 2.18. The SMILES string of the molecule is Cc1ccc([C@H](C)NC(=O)NCc2cccc(N3CC=CC3)c2)o1. The Labute approximate surface area is 142 Å². The summed E-state index contributed by atoms with van der Waals surface area (Å²) in [6, 6.07) is 11.7. The molecule has 1 aliphatic rings. The molecule has 0 aliphatic carbocycles. The number of hydrogen-bond acceptors (Lipinski definition) is 3. The number of amides is 2. The number of anilines is 1. The molecular weight excluding hydrogens is 302 g/mol. The Morgan fingerprint density at radius 2 is 2.04 bits per heavy atom. The largest absolute Gasteiger partial charge is 0.464 e. The number of carbonyl (C=O) groups excluding carboxylic acids is 1. The molecule has 0 unspecified atom stereocenters. The lowest BCUT2D eigenvalue weighted by Crippen LogP contribution is -2.36. The first kappa shape index (κ1) is 16.2. The van der Waals surface area contributed by atoms with Crippen molar-refractivity contribution in [1.82, 2.24) is 10.6 Å². The van der Waals surface area contributed by atoms with Crippen LogP contribution in [0.15, 0.2) is 53.0 Å². The Hall–Kier alpha value is -2.69. The fraction of sp³-hybridized carbons (Fsp3) is 0.316. The van der Waals surface area contributed by atoms with E-state index in [1.165, 1.54) is 5.69 Å². The third-order valence-electron chi connectivity index (χ3n) is 4.08. The van der Waals surface area contributed by atoms with Crippen molar-refractivity contribution < 1.29 is 9.21 Å². The fourth-order valence-electron chi connectivity index (χ4n) is 2.74. The van der Waals surface area contributed by atoms with Crippen molar-refractivity contribution in [1.29, 1.82) is 0 Å². The number of furan rings is 1. The van der Waals surface area contributed by atoms with Crippen LogP contribution in [0.4, 0.5) is 10.5 Å². The van der Waals surface area contributed by atoms with Crippen molar-refractivity contribution in [3.63, 3.8) is 0 Å². The van der Waals surface area contributed by atoms with Crippen LogP contribution >= 0.6 is 0 Å². The van der Waals surface area contributed by atoms with Crippen LogP contribution in [0.25, 0.3) is 0 Å². The summed E-state index contributed by atoms with van der Waals surface area (Å²) in [6.07, 6.45) is 4.33. The van der Waals surface area contributed by atoms with E-state index in [2.05, 4.69) is 39.8 Å². The average Bonchev–Trinajstić information content (AvgIpc) is 3.25. The molecule has 2 aromatic rings. The second-order valence-electron chi connectivity index (χ2n) is 6.04. The summed E-state index contributed by atoms with van der Waals surface area (Å²) < 4.78 is 5.53. The molecule has 5 nitrogen and oxygen atoms in total. The molecule has 1 aromatic carbocycles. The lowest BCUT2D eigenvalue weighted by Gasteiger charge is -2.18. The third-order valence-corrected chi connectivity index (χ3v) is 4.08. The first-order valence-corrected chi connectivity index (χ1v) is 8.21. The Bertz CT molecular complexity index is 728. The van der Waals surface area contributed by atoms with Gasteiger partial charge in [-0.3, -0.25) is 0 Å². The highest BCUT2D eigenvalue weighted by Gasteiger charge is 2.13. The Morgan fingerprint density at radius 3 is 2.75 bits per heavy atom. The molecule has 0 saturated carbocycles. The van der Waals surface area contributed by atoms with E-state index in [9.17, 15) is 4.79 Å². The third kappa shape index (κ3) is 3.98. The molecule has 126 valence electrons. The maximum atomic E-state index is 12.1. The predicted octanol–water partition coefficient (Wildman–Crippen LogP) is 3.52. The van der Waals surface area contributed by atoms with Gasteiger partial charge < -0.3 is 20.0 Å². The van der Waals surface area contributed by atoms with Crippen molar-refractivity contribution in [2.75, 3.05) is 18.0 Å². The van der Waals surface area contributed by atoms with Gasteiger partial charge in [0.1, 0.15) is 11.5 Å². The van der Waals surface area contributed by atoms with Crippen LogP contribution in [0.5, 0.6) is 0 Å². The van der Waals surface area contributed by atoms with Crippen LogP contribution in [-0.4, -0.2) is 19.1 Å². The normalized spacial score (nSPS) is 14.7. The fourth-order valence-corrected chi connectivity index (χ4v) is 2.74. The number of nitrogens with one attached hydrogen (secondary N) is 2. The van der Waals surface area contributed by atoms with E-state index in [0.29, 0.717) is 6.54 Å². The van der Waals surface area contributed by atoms with Crippen molar-refractivity contribution in [3.05, 3.63) is 65.6 Å². The van der Waals surface area contributed by atoms with E-state index < -0.39 is 0 Å². The standard InChI is InChI=1S/C19H23N3O2/c1-14-8-9-18(24-14)15(2)21-19(23)20-13-16-6-5-7-17(12-16)22-10-3-4-11-22/h3-9,12,15H,10-11,13H2,1-2H3,(H2,20,21,23)/t15-/m0/s1. The van der Waals surface area contributed by atoms with Crippen LogP contribution in [0.2, 0.25) is 0 Å². The summed E-state index contributed by atoms with van der Waals surface area (Å²) in [5, 5.41) is 5.78. The summed E-state index contributed by atoms with van der Waals surface area (Å²) in [4.78, 5) is 14.3. The quantitative estimate of drug-likeness (QED) is 0.827.